The molecule has 0 rings (SSSR count). The molecule has 0 aromatic carbocycles. The zero-order valence-corrected chi connectivity index (χ0v) is 15.2. The summed E-state index contributed by atoms with van der Waals surface area (Å²) in [4.78, 5) is 11.1. The molecule has 0 saturated carbocycles. The Balaban J connectivity index is -0.000000569. The lowest BCUT2D eigenvalue weighted by Crippen LogP contribution is -2.53. The second-order valence-electron chi connectivity index (χ2n) is 2.73. The highest BCUT2D eigenvalue weighted by atomic mass is 35.6. The van der Waals surface area contributed by atoms with Crippen LogP contribution in [0.25, 0.3) is 0 Å². The molecule has 0 aromatic rings. The smallest absolute Gasteiger partial charge is 0.319 e. The lowest BCUT2D eigenvalue weighted by atomic mass is 10.6. The normalized spacial score (nSPS) is 13.2. The monoisotopic (exact) mass is 425 g/mol. The Morgan fingerprint density at radius 2 is 1.19 bits per heavy atom. The van der Waals surface area contributed by atoms with Gasteiger partial charge in [0, 0.05) is 14.0 Å². The van der Waals surface area contributed by atoms with E-state index < -0.39 is 26.1 Å². The lowest BCUT2D eigenvalue weighted by molar-refractivity contribution is 0.120. The predicted molar refractivity (Wildman–Crippen MR) is 83.7 cm³/mol. The van der Waals surface area contributed by atoms with Gasteiger partial charge in [0.1, 0.15) is 0 Å². The number of rotatable bonds is 2. The fraction of sp³-hybridized carbons (Fsp3) is 0.750. The molecule has 0 aliphatic heterocycles. The van der Waals surface area contributed by atoms with E-state index in [1.165, 1.54) is 6.92 Å². The van der Waals surface area contributed by atoms with Gasteiger partial charge in [-0.15, -0.1) is 0 Å². The van der Waals surface area contributed by atoms with Gasteiger partial charge in [-0.05, 0) is 0 Å². The van der Waals surface area contributed by atoms with Crippen molar-refractivity contribution < 1.29 is 20.1 Å². The number of carbonyl (C=O) groups excluding carboxylic acids is 1. The molecule has 21 heavy (non-hydrogen) atoms. The van der Waals surface area contributed by atoms with Crippen molar-refractivity contribution >= 4 is 75.6 Å². The first-order valence-corrected chi connectivity index (χ1v) is 6.95. The van der Waals surface area contributed by atoms with Crippen LogP contribution in [0.4, 0.5) is 4.79 Å². The molecule has 2 amide bonds. The largest absolute Gasteiger partial charge is 0.400 e. The highest BCUT2D eigenvalue weighted by Gasteiger charge is 2.35. The van der Waals surface area contributed by atoms with Crippen LogP contribution in [0, 0.1) is 11.3 Å². The number of urea groups is 1. The summed E-state index contributed by atoms with van der Waals surface area (Å²) in [5.74, 6) is 0. The standard InChI is InChI=1S/C5H6Cl6N2O3.C2H3N.CH4O/c6-4(7,8)1(14)12-3(16)13-2(15)5(9,10)11;1-2-3;1-2/h1-2,14-15H,(H2,12,13,16);1H3;2H,1H3. The third-order valence-electron chi connectivity index (χ3n) is 1.16. The summed E-state index contributed by atoms with van der Waals surface area (Å²) >= 11 is 31.5. The molecule has 7 nitrogen and oxygen atoms in total. The van der Waals surface area contributed by atoms with E-state index >= 15 is 0 Å². The van der Waals surface area contributed by atoms with Crippen LogP contribution in [-0.4, -0.2) is 48.5 Å². The van der Waals surface area contributed by atoms with Gasteiger partial charge in [0.15, 0.2) is 12.5 Å². The van der Waals surface area contributed by atoms with Crippen LogP contribution in [0.2, 0.25) is 0 Å². The first-order valence-electron chi connectivity index (χ1n) is 4.68. The van der Waals surface area contributed by atoms with Crippen molar-refractivity contribution in [2.75, 3.05) is 7.11 Å². The molecule has 0 bridgehead atoms. The van der Waals surface area contributed by atoms with E-state index in [0.717, 1.165) is 7.11 Å². The Hall–Kier alpha value is 0.380. The minimum Gasteiger partial charge on any atom is -0.400 e. The number of halogens is 6. The number of nitrogens with one attached hydrogen (secondary N) is 2. The molecule has 2 atom stereocenters. The Bertz CT molecular complexity index is 303. The number of hydrogen-bond acceptors (Lipinski definition) is 5. The minimum absolute atomic E-state index is 1.00. The van der Waals surface area contributed by atoms with E-state index in [2.05, 4.69) is 0 Å². The Labute approximate surface area is 151 Å². The second kappa shape index (κ2) is 12.9. The molecule has 2 unspecified atom stereocenters. The summed E-state index contributed by atoms with van der Waals surface area (Å²) < 4.78 is -4.25. The first-order chi connectivity index (χ1) is 9.36. The van der Waals surface area contributed by atoms with Gasteiger partial charge in [-0.3, -0.25) is 0 Å². The molecule has 0 aliphatic carbocycles. The molecule has 126 valence electrons. The number of alkyl halides is 6. The van der Waals surface area contributed by atoms with Crippen molar-refractivity contribution in [1.29, 1.82) is 5.26 Å². The summed E-state index contributed by atoms with van der Waals surface area (Å²) in [5, 5.41) is 36.2. The number of aliphatic hydroxyl groups excluding tert-OH is 3. The van der Waals surface area contributed by atoms with Crippen molar-refractivity contribution in [2.45, 2.75) is 27.0 Å². The zero-order chi connectivity index (χ0) is 17.9. The number of nitriles is 1. The fourth-order valence-electron chi connectivity index (χ4n) is 0.454. The third kappa shape index (κ3) is 16.6. The van der Waals surface area contributed by atoms with Crippen LogP contribution in [0.15, 0.2) is 0 Å². The molecule has 0 heterocycles. The molecule has 0 saturated heterocycles. The van der Waals surface area contributed by atoms with E-state index in [4.69, 9.17) is 90.2 Å². The van der Waals surface area contributed by atoms with Crippen molar-refractivity contribution in [3.63, 3.8) is 0 Å². The van der Waals surface area contributed by atoms with Gasteiger partial charge < -0.3 is 26.0 Å². The molecule has 0 spiro atoms. The predicted octanol–water partition coefficient (Wildman–Crippen LogP) is 1.80. The average Bonchev–Trinajstić information content (AvgIpc) is 2.29. The lowest BCUT2D eigenvalue weighted by Gasteiger charge is -2.23. The van der Waals surface area contributed by atoms with Gasteiger partial charge >= 0.3 is 6.03 Å². The van der Waals surface area contributed by atoms with E-state index in [9.17, 15) is 4.79 Å². The minimum atomic E-state index is -2.12. The Morgan fingerprint density at radius 1 is 1.00 bits per heavy atom. The van der Waals surface area contributed by atoms with Gasteiger partial charge in [-0.1, -0.05) is 69.6 Å². The van der Waals surface area contributed by atoms with Crippen molar-refractivity contribution in [3.05, 3.63) is 0 Å². The van der Waals surface area contributed by atoms with Gasteiger partial charge in [-0.2, -0.15) is 5.26 Å². The van der Waals surface area contributed by atoms with E-state index in [1.54, 1.807) is 16.7 Å². The summed E-state index contributed by atoms with van der Waals surface area (Å²) in [6.45, 7) is 1.43. The molecule has 5 N–H and O–H groups in total. The van der Waals surface area contributed by atoms with Gasteiger partial charge in [0.2, 0.25) is 7.59 Å². The van der Waals surface area contributed by atoms with Gasteiger partial charge in [-0.25, -0.2) is 4.79 Å². The molecule has 0 aliphatic rings. The van der Waals surface area contributed by atoms with Crippen molar-refractivity contribution in [2.24, 2.45) is 0 Å². The van der Waals surface area contributed by atoms with Crippen LogP contribution in [0.1, 0.15) is 6.92 Å². The van der Waals surface area contributed by atoms with Gasteiger partial charge in [0.05, 0.1) is 6.07 Å². The molecular formula is C8H13Cl6N3O4. The number of carbonyl (C=O) groups is 1. The molecule has 0 aromatic heterocycles. The van der Waals surface area contributed by atoms with E-state index in [1.807, 2.05) is 0 Å². The number of hydrogen-bond donors (Lipinski definition) is 5. The SMILES string of the molecule is CC#N.CO.O=C(NC(O)C(Cl)(Cl)Cl)NC(O)C(Cl)(Cl)Cl. The highest BCUT2D eigenvalue weighted by Crippen LogP contribution is 2.30. The molecule has 0 fully saturated rings. The quantitative estimate of drug-likeness (QED) is 0.339. The van der Waals surface area contributed by atoms with Crippen molar-refractivity contribution in [1.82, 2.24) is 10.6 Å². The summed E-state index contributed by atoms with van der Waals surface area (Å²) in [6.07, 6.45) is -3.58. The van der Waals surface area contributed by atoms with E-state index in [0.29, 0.717) is 0 Å². The molecule has 13 heteroatoms. The van der Waals surface area contributed by atoms with Crippen LogP contribution in [0.3, 0.4) is 0 Å². The van der Waals surface area contributed by atoms with Gasteiger partial charge in [0.25, 0.3) is 0 Å². The zero-order valence-electron chi connectivity index (χ0n) is 10.6. The van der Waals surface area contributed by atoms with Crippen LogP contribution >= 0.6 is 69.6 Å². The summed E-state index contributed by atoms with van der Waals surface area (Å²) in [7, 11) is 1.00. The average molecular weight is 428 g/mol. The fourth-order valence-corrected chi connectivity index (χ4v) is 0.781. The number of aliphatic hydroxyl groups is 3. The first kappa shape index (κ1) is 26.3. The molecule has 0 radical (unpaired) electrons. The Kier molecular flexibility index (Phi) is 16.1. The maximum Gasteiger partial charge on any atom is 0.319 e. The van der Waals surface area contributed by atoms with Crippen LogP contribution in [-0.2, 0) is 0 Å². The highest BCUT2D eigenvalue weighted by molar-refractivity contribution is 6.68. The summed E-state index contributed by atoms with van der Waals surface area (Å²) in [5.41, 5.74) is 0. The van der Waals surface area contributed by atoms with E-state index in [-0.39, 0.29) is 0 Å². The third-order valence-corrected chi connectivity index (χ3v) is 2.40. The molecular weight excluding hydrogens is 415 g/mol. The van der Waals surface area contributed by atoms with Crippen molar-refractivity contribution in [3.8, 4) is 6.07 Å². The second-order valence-corrected chi connectivity index (χ2v) is 7.47. The maximum atomic E-state index is 11.1. The number of amides is 2. The number of nitrogens with zero attached hydrogens (tertiary/aromatic N) is 1. The topological polar surface area (TPSA) is 126 Å². The Morgan fingerprint density at radius 3 is 1.33 bits per heavy atom. The van der Waals surface area contributed by atoms with Crippen LogP contribution < -0.4 is 10.6 Å². The summed E-state index contributed by atoms with van der Waals surface area (Å²) in [6, 6.07) is 0.664. The van der Waals surface area contributed by atoms with Crippen LogP contribution in [0.5, 0.6) is 0 Å². The maximum absolute atomic E-state index is 11.1.